The summed E-state index contributed by atoms with van der Waals surface area (Å²) >= 11 is 6.29. The van der Waals surface area contributed by atoms with Gasteiger partial charge in [-0.25, -0.2) is 4.79 Å². The lowest BCUT2D eigenvalue weighted by atomic mass is 9.98. The number of piperidine rings is 1. The van der Waals surface area contributed by atoms with Crippen molar-refractivity contribution in [2.24, 2.45) is 5.92 Å². The highest BCUT2D eigenvalue weighted by Gasteiger charge is 2.35. The van der Waals surface area contributed by atoms with Gasteiger partial charge in [0.25, 0.3) is 0 Å². The summed E-state index contributed by atoms with van der Waals surface area (Å²) in [5.74, 6) is 0.359. The molecule has 1 aliphatic rings. The SMILES string of the molecule is CC1C[NH2+]CCC1OC(=O)C(I)(I)I. The van der Waals surface area contributed by atoms with Crippen LogP contribution in [0.2, 0.25) is 0 Å². The number of quaternary nitrogens is 1. The topological polar surface area (TPSA) is 42.9 Å². The first-order valence-electron chi connectivity index (χ1n) is 4.50. The Labute approximate surface area is 125 Å². The maximum absolute atomic E-state index is 11.6. The molecule has 2 atom stereocenters. The Bertz CT molecular complexity index is 217. The minimum atomic E-state index is -0.464. The van der Waals surface area contributed by atoms with Crippen molar-refractivity contribution in [3.8, 4) is 0 Å². The number of nitrogens with two attached hydrogens (primary N) is 1. The van der Waals surface area contributed by atoms with E-state index in [4.69, 9.17) is 4.74 Å². The van der Waals surface area contributed by atoms with Crippen molar-refractivity contribution < 1.29 is 14.8 Å². The molecule has 1 rings (SSSR count). The fourth-order valence-electron chi connectivity index (χ4n) is 1.48. The van der Waals surface area contributed by atoms with Gasteiger partial charge in [-0.15, -0.1) is 0 Å². The van der Waals surface area contributed by atoms with Gasteiger partial charge in [-0.3, -0.25) is 0 Å². The van der Waals surface area contributed by atoms with Crippen LogP contribution in [0.5, 0.6) is 0 Å². The van der Waals surface area contributed by atoms with E-state index in [1.807, 2.05) is 0 Å². The molecule has 0 saturated carbocycles. The largest absolute Gasteiger partial charge is 0.459 e. The standard InChI is InChI=1S/C8H12I3NO2/c1-5-4-12-3-2-6(5)14-7(13)8(9,10)11/h5-6,12H,2-4H2,1H3/p+1. The van der Waals surface area contributed by atoms with Gasteiger partial charge in [-0.05, 0) is 67.8 Å². The molecule has 0 radical (unpaired) electrons. The lowest BCUT2D eigenvalue weighted by molar-refractivity contribution is -0.671. The van der Waals surface area contributed by atoms with Gasteiger partial charge in [-0.1, -0.05) is 6.92 Å². The maximum Gasteiger partial charge on any atom is 0.342 e. The Morgan fingerprint density at radius 2 is 2.14 bits per heavy atom. The van der Waals surface area contributed by atoms with Crippen LogP contribution < -0.4 is 5.32 Å². The number of ether oxygens (including phenoxy) is 1. The number of rotatable bonds is 2. The van der Waals surface area contributed by atoms with Crippen molar-refractivity contribution in [1.29, 1.82) is 0 Å². The van der Waals surface area contributed by atoms with Crippen molar-refractivity contribution in [3.63, 3.8) is 0 Å². The molecule has 14 heavy (non-hydrogen) atoms. The molecule has 6 heteroatoms. The molecular formula is C8H13I3NO2+. The third-order valence-corrected chi connectivity index (χ3v) is 3.64. The molecule has 1 heterocycles. The minimum Gasteiger partial charge on any atom is -0.459 e. The van der Waals surface area contributed by atoms with Crippen LogP contribution in [0.3, 0.4) is 0 Å². The smallest absolute Gasteiger partial charge is 0.342 e. The molecule has 0 aromatic rings. The predicted octanol–water partition coefficient (Wildman–Crippen LogP) is 1.46. The molecule has 1 aliphatic heterocycles. The average Bonchev–Trinajstić information content (AvgIpc) is 2.07. The van der Waals surface area contributed by atoms with Crippen molar-refractivity contribution in [3.05, 3.63) is 0 Å². The highest BCUT2D eigenvalue weighted by molar-refractivity contribution is 14.3. The summed E-state index contributed by atoms with van der Waals surface area (Å²) < 4.78 is 5.02. The average molecular weight is 536 g/mol. The molecular weight excluding hydrogens is 523 g/mol. The Morgan fingerprint density at radius 1 is 1.50 bits per heavy atom. The molecule has 82 valence electrons. The van der Waals surface area contributed by atoms with E-state index in [1.165, 1.54) is 0 Å². The molecule has 0 aliphatic carbocycles. The zero-order valence-electron chi connectivity index (χ0n) is 7.80. The Kier molecular flexibility index (Phi) is 5.67. The van der Waals surface area contributed by atoms with Gasteiger partial charge >= 0.3 is 5.97 Å². The second kappa shape index (κ2) is 5.80. The molecule has 0 amide bonds. The quantitative estimate of drug-likeness (QED) is 0.331. The van der Waals surface area contributed by atoms with E-state index in [2.05, 4.69) is 80.0 Å². The summed E-state index contributed by atoms with van der Waals surface area (Å²) in [7, 11) is 0. The summed E-state index contributed by atoms with van der Waals surface area (Å²) in [6, 6.07) is 0. The lowest BCUT2D eigenvalue weighted by Crippen LogP contribution is -2.88. The van der Waals surface area contributed by atoms with Gasteiger partial charge in [0.2, 0.25) is -0.565 Å². The molecule has 2 N–H and O–H groups in total. The van der Waals surface area contributed by atoms with Crippen molar-refractivity contribution in [2.75, 3.05) is 13.1 Å². The Balaban J connectivity index is 2.46. The fourth-order valence-corrected chi connectivity index (χ4v) is 1.86. The van der Waals surface area contributed by atoms with Crippen LogP contribution in [-0.2, 0) is 9.53 Å². The van der Waals surface area contributed by atoms with E-state index < -0.39 is -0.565 Å². The van der Waals surface area contributed by atoms with Crippen LogP contribution in [0.1, 0.15) is 13.3 Å². The van der Waals surface area contributed by atoms with Crippen LogP contribution >= 0.6 is 67.8 Å². The second-order valence-electron chi connectivity index (χ2n) is 3.52. The Morgan fingerprint density at radius 3 is 2.64 bits per heavy atom. The summed E-state index contributed by atoms with van der Waals surface area (Å²) in [4.78, 5) is 11.6. The van der Waals surface area contributed by atoms with Gasteiger partial charge in [0.1, 0.15) is 6.10 Å². The number of carbonyl (C=O) groups excluding carboxylic acids is 1. The summed E-state index contributed by atoms with van der Waals surface area (Å²) in [6.07, 6.45) is 1.10. The number of halogens is 3. The minimum absolute atomic E-state index is 0.113. The monoisotopic (exact) mass is 536 g/mol. The van der Waals surface area contributed by atoms with Crippen molar-refractivity contribution >= 4 is 73.7 Å². The number of hydrogen-bond acceptors (Lipinski definition) is 2. The van der Waals surface area contributed by atoms with Crippen LogP contribution in [0.4, 0.5) is 0 Å². The lowest BCUT2D eigenvalue weighted by Gasteiger charge is -2.28. The maximum atomic E-state index is 11.6. The van der Waals surface area contributed by atoms with E-state index in [9.17, 15) is 4.79 Å². The van der Waals surface area contributed by atoms with Crippen molar-refractivity contribution in [2.45, 2.75) is 18.9 Å². The van der Waals surface area contributed by atoms with Crippen molar-refractivity contribution in [1.82, 2.24) is 0 Å². The van der Waals surface area contributed by atoms with Gasteiger partial charge in [0, 0.05) is 12.3 Å². The predicted molar refractivity (Wildman–Crippen MR) is 80.1 cm³/mol. The van der Waals surface area contributed by atoms with E-state index in [-0.39, 0.29) is 12.1 Å². The normalized spacial score (nSPS) is 28.6. The van der Waals surface area contributed by atoms with E-state index in [0.717, 1.165) is 19.5 Å². The van der Waals surface area contributed by atoms with Crippen LogP contribution in [0.15, 0.2) is 0 Å². The molecule has 0 aromatic heterocycles. The third-order valence-electron chi connectivity index (χ3n) is 2.32. The summed E-state index contributed by atoms with van der Waals surface area (Å²) in [6.45, 7) is 4.27. The number of carbonyl (C=O) groups is 1. The first-order valence-corrected chi connectivity index (χ1v) is 7.74. The van der Waals surface area contributed by atoms with Crippen LogP contribution in [0, 0.1) is 5.92 Å². The van der Waals surface area contributed by atoms with E-state index in [0.29, 0.717) is 5.92 Å². The van der Waals surface area contributed by atoms with Crippen LogP contribution in [0.25, 0.3) is 0 Å². The zero-order valence-corrected chi connectivity index (χ0v) is 14.3. The molecule has 3 nitrogen and oxygen atoms in total. The molecule has 0 aromatic carbocycles. The first kappa shape index (κ1) is 13.7. The molecule has 0 spiro atoms. The molecule has 1 fully saturated rings. The summed E-state index contributed by atoms with van der Waals surface area (Å²) in [5.41, 5.74) is 0. The molecule has 0 bridgehead atoms. The zero-order chi connectivity index (χ0) is 10.8. The van der Waals surface area contributed by atoms with E-state index in [1.54, 1.807) is 0 Å². The number of esters is 1. The number of hydrogen-bond donors (Lipinski definition) is 1. The van der Waals surface area contributed by atoms with Gasteiger partial charge < -0.3 is 10.1 Å². The van der Waals surface area contributed by atoms with E-state index >= 15 is 0 Å². The highest BCUT2D eigenvalue weighted by Crippen LogP contribution is 2.37. The van der Waals surface area contributed by atoms with Gasteiger partial charge in [0.05, 0.1) is 13.1 Å². The Hall–Kier alpha value is 1.62. The fraction of sp³-hybridized carbons (Fsp3) is 0.875. The van der Waals surface area contributed by atoms with Gasteiger partial charge in [0.15, 0.2) is 0 Å². The third kappa shape index (κ3) is 4.24. The summed E-state index contributed by atoms with van der Waals surface area (Å²) in [5, 5.41) is 2.28. The first-order chi connectivity index (χ1) is 6.41. The molecule has 1 saturated heterocycles. The second-order valence-corrected chi connectivity index (χ2v) is 14.6. The number of alkyl halides is 3. The van der Waals surface area contributed by atoms with Gasteiger partial charge in [-0.2, -0.15) is 0 Å². The highest BCUT2D eigenvalue weighted by atomic mass is 127. The molecule has 2 unspecified atom stereocenters. The van der Waals surface area contributed by atoms with Crippen LogP contribution in [-0.4, -0.2) is 24.6 Å².